The van der Waals surface area contributed by atoms with E-state index in [0.29, 0.717) is 11.4 Å². The molecule has 0 saturated heterocycles. The van der Waals surface area contributed by atoms with Gasteiger partial charge in [-0.05, 0) is 31.2 Å². The molecule has 1 aromatic heterocycles. The zero-order chi connectivity index (χ0) is 18.8. The summed E-state index contributed by atoms with van der Waals surface area (Å²) in [6.07, 6.45) is 0. The average Bonchev–Trinajstić information content (AvgIpc) is 2.68. The second kappa shape index (κ2) is 6.88. The Bertz CT molecular complexity index is 1160. The highest BCUT2D eigenvalue weighted by molar-refractivity contribution is 5.85. The fraction of sp³-hybridized carbons (Fsp3) is 0.0455. The normalized spacial score (nSPS) is 10.7. The maximum atomic E-state index is 11.3. The molecule has 0 N–H and O–H groups in total. The number of aryl methyl sites for hydroxylation is 1. The lowest BCUT2D eigenvalue weighted by molar-refractivity contribution is -0.385. The number of rotatable bonds is 4. The van der Waals surface area contributed by atoms with E-state index in [-0.39, 0.29) is 11.4 Å². The molecular weight excluding hydrogens is 340 g/mol. The standard InChI is InChI=1S/C22H16N2O3/c1-15-7-6-9-17(13-15)22-21(14-16-8-2-3-10-18(16)23-22)27-20-12-5-4-11-19(20)24(25)26/h2-14H,1H3. The highest BCUT2D eigenvalue weighted by atomic mass is 16.6. The molecule has 0 bridgehead atoms. The highest BCUT2D eigenvalue weighted by Gasteiger charge is 2.18. The Morgan fingerprint density at radius 1 is 0.889 bits per heavy atom. The van der Waals surface area contributed by atoms with Gasteiger partial charge in [0.05, 0.1) is 10.4 Å². The largest absolute Gasteiger partial charge is 0.448 e. The van der Waals surface area contributed by atoms with E-state index in [1.807, 2.05) is 61.5 Å². The van der Waals surface area contributed by atoms with Crippen molar-refractivity contribution >= 4 is 16.6 Å². The van der Waals surface area contributed by atoms with Crippen molar-refractivity contribution in [2.45, 2.75) is 6.92 Å². The summed E-state index contributed by atoms with van der Waals surface area (Å²) in [6, 6.07) is 23.9. The molecule has 0 amide bonds. The van der Waals surface area contributed by atoms with E-state index in [9.17, 15) is 10.1 Å². The molecule has 0 spiro atoms. The van der Waals surface area contributed by atoms with Gasteiger partial charge in [-0.25, -0.2) is 4.98 Å². The van der Waals surface area contributed by atoms with Gasteiger partial charge in [-0.2, -0.15) is 0 Å². The van der Waals surface area contributed by atoms with Crippen LogP contribution in [0.3, 0.4) is 0 Å². The van der Waals surface area contributed by atoms with Crippen LogP contribution in [0, 0.1) is 17.0 Å². The van der Waals surface area contributed by atoms with Crippen molar-refractivity contribution in [3.05, 3.63) is 94.5 Å². The maximum absolute atomic E-state index is 11.3. The van der Waals surface area contributed by atoms with E-state index in [2.05, 4.69) is 0 Å². The Morgan fingerprint density at radius 2 is 1.67 bits per heavy atom. The third kappa shape index (κ3) is 3.35. The van der Waals surface area contributed by atoms with Crippen molar-refractivity contribution in [1.29, 1.82) is 0 Å². The van der Waals surface area contributed by atoms with Crippen molar-refractivity contribution < 1.29 is 9.66 Å². The third-order valence-electron chi connectivity index (χ3n) is 4.26. The van der Waals surface area contributed by atoms with Gasteiger partial charge in [0.15, 0.2) is 5.75 Å². The third-order valence-corrected chi connectivity index (χ3v) is 4.26. The number of benzene rings is 3. The summed E-state index contributed by atoms with van der Waals surface area (Å²) in [4.78, 5) is 15.6. The number of nitro benzene ring substituents is 1. The Kier molecular flexibility index (Phi) is 4.26. The molecule has 4 aromatic rings. The molecule has 0 aliphatic heterocycles. The summed E-state index contributed by atoms with van der Waals surface area (Å²) in [6.45, 7) is 2.01. The van der Waals surface area contributed by atoms with Crippen LogP contribution in [0.4, 0.5) is 5.69 Å². The van der Waals surface area contributed by atoms with Crippen molar-refractivity contribution in [2.75, 3.05) is 0 Å². The fourth-order valence-electron chi connectivity index (χ4n) is 2.99. The summed E-state index contributed by atoms with van der Waals surface area (Å²) < 4.78 is 6.00. The number of nitro groups is 1. The smallest absolute Gasteiger partial charge is 0.311 e. The molecule has 0 saturated carbocycles. The van der Waals surface area contributed by atoms with Crippen LogP contribution in [0.2, 0.25) is 0 Å². The number of aromatic nitrogens is 1. The van der Waals surface area contributed by atoms with E-state index in [4.69, 9.17) is 9.72 Å². The van der Waals surface area contributed by atoms with Crippen LogP contribution in [0.1, 0.15) is 5.56 Å². The second-order valence-corrected chi connectivity index (χ2v) is 6.22. The first kappa shape index (κ1) is 16.7. The molecule has 0 aliphatic rings. The number of nitrogens with zero attached hydrogens (tertiary/aromatic N) is 2. The van der Waals surface area contributed by atoms with Crippen LogP contribution in [0.25, 0.3) is 22.2 Å². The number of hydrogen-bond donors (Lipinski definition) is 0. The van der Waals surface area contributed by atoms with Crippen LogP contribution in [0.15, 0.2) is 78.9 Å². The van der Waals surface area contributed by atoms with Crippen molar-refractivity contribution in [2.24, 2.45) is 0 Å². The fourth-order valence-corrected chi connectivity index (χ4v) is 2.99. The molecule has 1 heterocycles. The second-order valence-electron chi connectivity index (χ2n) is 6.22. The predicted molar refractivity (Wildman–Crippen MR) is 105 cm³/mol. The molecule has 0 unspecified atom stereocenters. The van der Waals surface area contributed by atoms with Crippen molar-refractivity contribution in [3.63, 3.8) is 0 Å². The Morgan fingerprint density at radius 3 is 2.48 bits per heavy atom. The molecule has 5 heteroatoms. The lowest BCUT2D eigenvalue weighted by Crippen LogP contribution is -1.96. The van der Waals surface area contributed by atoms with Gasteiger partial charge in [0, 0.05) is 17.0 Å². The predicted octanol–water partition coefficient (Wildman–Crippen LogP) is 5.91. The summed E-state index contributed by atoms with van der Waals surface area (Å²) >= 11 is 0. The van der Waals surface area contributed by atoms with Crippen LogP contribution in [-0.2, 0) is 0 Å². The lowest BCUT2D eigenvalue weighted by Gasteiger charge is -2.13. The van der Waals surface area contributed by atoms with E-state index >= 15 is 0 Å². The Balaban J connectivity index is 1.91. The first-order valence-electron chi connectivity index (χ1n) is 8.50. The van der Waals surface area contributed by atoms with Crippen LogP contribution >= 0.6 is 0 Å². The lowest BCUT2D eigenvalue weighted by atomic mass is 10.1. The molecule has 3 aromatic carbocycles. The van der Waals surface area contributed by atoms with Gasteiger partial charge in [-0.15, -0.1) is 0 Å². The molecule has 27 heavy (non-hydrogen) atoms. The number of hydrogen-bond acceptors (Lipinski definition) is 4. The molecule has 0 fully saturated rings. The Labute approximate surface area is 156 Å². The zero-order valence-electron chi connectivity index (χ0n) is 14.6. The van der Waals surface area contributed by atoms with Crippen LogP contribution in [0.5, 0.6) is 11.5 Å². The zero-order valence-corrected chi connectivity index (χ0v) is 14.6. The number of fused-ring (bicyclic) bond motifs is 1. The van der Waals surface area contributed by atoms with Gasteiger partial charge in [-0.3, -0.25) is 10.1 Å². The summed E-state index contributed by atoms with van der Waals surface area (Å²) in [5, 5.41) is 12.2. The van der Waals surface area contributed by atoms with Gasteiger partial charge in [0.25, 0.3) is 0 Å². The van der Waals surface area contributed by atoms with Crippen LogP contribution in [-0.4, -0.2) is 9.91 Å². The van der Waals surface area contributed by atoms with E-state index in [1.165, 1.54) is 6.07 Å². The van der Waals surface area contributed by atoms with Crippen molar-refractivity contribution in [1.82, 2.24) is 4.98 Å². The maximum Gasteiger partial charge on any atom is 0.311 e. The highest BCUT2D eigenvalue weighted by Crippen LogP contribution is 2.37. The van der Waals surface area contributed by atoms with Gasteiger partial charge >= 0.3 is 5.69 Å². The van der Waals surface area contributed by atoms with Gasteiger partial charge < -0.3 is 4.74 Å². The SMILES string of the molecule is Cc1cccc(-c2nc3ccccc3cc2Oc2ccccc2[N+](=O)[O-])c1. The van der Waals surface area contributed by atoms with Gasteiger partial charge in [-0.1, -0.05) is 54.1 Å². The number of para-hydroxylation sites is 3. The van der Waals surface area contributed by atoms with Crippen molar-refractivity contribution in [3.8, 4) is 22.8 Å². The topological polar surface area (TPSA) is 65.3 Å². The molecular formula is C22H16N2O3. The summed E-state index contributed by atoms with van der Waals surface area (Å²) in [5.74, 6) is 0.669. The quantitative estimate of drug-likeness (QED) is 0.337. The molecule has 0 aliphatic carbocycles. The summed E-state index contributed by atoms with van der Waals surface area (Å²) in [7, 11) is 0. The van der Waals surface area contributed by atoms with E-state index in [1.54, 1.807) is 18.2 Å². The molecule has 5 nitrogen and oxygen atoms in total. The van der Waals surface area contributed by atoms with Gasteiger partial charge in [0.2, 0.25) is 5.75 Å². The molecule has 0 atom stereocenters. The number of pyridine rings is 1. The monoisotopic (exact) mass is 356 g/mol. The van der Waals surface area contributed by atoms with Crippen LogP contribution < -0.4 is 4.74 Å². The molecule has 0 radical (unpaired) electrons. The van der Waals surface area contributed by atoms with E-state index in [0.717, 1.165) is 22.0 Å². The average molecular weight is 356 g/mol. The first-order valence-corrected chi connectivity index (χ1v) is 8.50. The molecule has 4 rings (SSSR count). The minimum Gasteiger partial charge on any atom is -0.448 e. The van der Waals surface area contributed by atoms with Gasteiger partial charge in [0.1, 0.15) is 5.69 Å². The van der Waals surface area contributed by atoms with E-state index < -0.39 is 4.92 Å². The summed E-state index contributed by atoms with van der Waals surface area (Å²) in [5.41, 5.74) is 3.40. The minimum atomic E-state index is -0.448. The number of ether oxygens (including phenoxy) is 1. The molecule has 132 valence electrons. The first-order chi connectivity index (χ1) is 13.1. The minimum absolute atomic E-state index is 0.0825. The Hall–Kier alpha value is -3.73.